The number of hydrogen-bond donors (Lipinski definition) is 2. The number of benzene rings is 1. The highest BCUT2D eigenvalue weighted by Crippen LogP contribution is 2.22. The molecule has 0 saturated carbocycles. The van der Waals surface area contributed by atoms with Crippen molar-refractivity contribution in [3.63, 3.8) is 0 Å². The zero-order valence-corrected chi connectivity index (χ0v) is 18.4. The minimum absolute atomic E-state index is 0.190. The fraction of sp³-hybridized carbons (Fsp3) is 0.500. The largest absolute Gasteiger partial charge is 0.434 e. The number of thiophene rings is 1. The molecule has 1 aliphatic heterocycles. The third-order valence-electron chi connectivity index (χ3n) is 5.22. The summed E-state index contributed by atoms with van der Waals surface area (Å²) in [5.41, 5.74) is 1.67. The molecule has 8 heteroatoms. The number of likely N-dealkylation sites (tertiary alicyclic amines) is 1. The number of ether oxygens (including phenoxy) is 1. The number of nitrogens with zero attached hydrogens (tertiary/aromatic N) is 2. The van der Waals surface area contributed by atoms with Crippen LogP contribution < -0.4 is 15.4 Å². The second-order valence-corrected chi connectivity index (χ2v) is 8.65. The first-order valence-electron chi connectivity index (χ1n) is 10.3. The molecule has 1 unspecified atom stereocenters. The van der Waals surface area contributed by atoms with Gasteiger partial charge in [-0.3, -0.25) is 9.89 Å². The lowest BCUT2D eigenvalue weighted by atomic mass is 9.98. The molecular weight excluding hydrogens is 406 g/mol. The molecule has 1 aliphatic rings. The first kappa shape index (κ1) is 22.5. The Morgan fingerprint density at radius 1 is 1.33 bits per heavy atom. The van der Waals surface area contributed by atoms with E-state index in [0.29, 0.717) is 24.0 Å². The third-order valence-corrected chi connectivity index (χ3v) is 6.08. The van der Waals surface area contributed by atoms with Crippen LogP contribution in [0.3, 0.4) is 0 Å². The smallest absolute Gasteiger partial charge is 0.387 e. The summed E-state index contributed by atoms with van der Waals surface area (Å²) in [5, 5.41) is 8.73. The van der Waals surface area contributed by atoms with E-state index >= 15 is 0 Å². The van der Waals surface area contributed by atoms with Crippen LogP contribution in [0, 0.1) is 12.8 Å². The summed E-state index contributed by atoms with van der Waals surface area (Å²) in [6.45, 7) is 3.49. The highest BCUT2D eigenvalue weighted by molar-refractivity contribution is 7.09. The van der Waals surface area contributed by atoms with E-state index in [4.69, 9.17) is 0 Å². The van der Waals surface area contributed by atoms with E-state index in [0.717, 1.165) is 31.7 Å². The summed E-state index contributed by atoms with van der Waals surface area (Å²) in [5.74, 6) is 1.40. The van der Waals surface area contributed by atoms with E-state index in [1.807, 2.05) is 13.0 Å². The van der Waals surface area contributed by atoms with Crippen LogP contribution in [0.4, 0.5) is 8.78 Å². The molecule has 2 N–H and O–H groups in total. The van der Waals surface area contributed by atoms with Crippen LogP contribution in [-0.2, 0) is 13.1 Å². The van der Waals surface area contributed by atoms with E-state index in [1.54, 1.807) is 30.5 Å². The molecule has 1 fully saturated rings. The van der Waals surface area contributed by atoms with E-state index in [9.17, 15) is 8.78 Å². The molecule has 1 atom stereocenters. The molecule has 2 aromatic rings. The van der Waals surface area contributed by atoms with Crippen molar-refractivity contribution < 1.29 is 13.5 Å². The highest BCUT2D eigenvalue weighted by Gasteiger charge is 2.20. The monoisotopic (exact) mass is 436 g/mol. The Balaban J connectivity index is 1.48. The maximum Gasteiger partial charge on any atom is 0.387 e. The van der Waals surface area contributed by atoms with Gasteiger partial charge < -0.3 is 15.4 Å². The Morgan fingerprint density at radius 2 is 2.20 bits per heavy atom. The molecule has 0 bridgehead atoms. The molecule has 0 aliphatic carbocycles. The summed E-state index contributed by atoms with van der Waals surface area (Å²) >= 11 is 1.81. The minimum atomic E-state index is -2.84. The van der Waals surface area contributed by atoms with Gasteiger partial charge in [0.05, 0.1) is 0 Å². The van der Waals surface area contributed by atoms with E-state index in [-0.39, 0.29) is 5.75 Å². The lowest BCUT2D eigenvalue weighted by Gasteiger charge is -2.32. The fourth-order valence-corrected chi connectivity index (χ4v) is 4.53. The van der Waals surface area contributed by atoms with Gasteiger partial charge in [0, 0.05) is 43.7 Å². The fourth-order valence-electron chi connectivity index (χ4n) is 3.78. The average molecular weight is 437 g/mol. The Labute approximate surface area is 181 Å². The summed E-state index contributed by atoms with van der Waals surface area (Å²) < 4.78 is 30.0. The minimum Gasteiger partial charge on any atom is -0.434 e. The number of hydrogen-bond acceptors (Lipinski definition) is 4. The predicted octanol–water partition coefficient (Wildman–Crippen LogP) is 4.24. The van der Waals surface area contributed by atoms with Gasteiger partial charge in [-0.25, -0.2) is 0 Å². The van der Waals surface area contributed by atoms with Gasteiger partial charge >= 0.3 is 6.61 Å². The molecule has 1 saturated heterocycles. The highest BCUT2D eigenvalue weighted by atomic mass is 32.1. The van der Waals surface area contributed by atoms with Crippen LogP contribution in [0.25, 0.3) is 0 Å². The molecule has 0 amide bonds. The lowest BCUT2D eigenvalue weighted by Crippen LogP contribution is -2.44. The maximum atomic E-state index is 12.7. The molecule has 2 heterocycles. The Kier molecular flexibility index (Phi) is 8.45. The first-order valence-corrected chi connectivity index (χ1v) is 11.1. The van der Waals surface area contributed by atoms with Crippen LogP contribution in [-0.4, -0.2) is 44.2 Å². The van der Waals surface area contributed by atoms with Gasteiger partial charge in [-0.2, -0.15) is 8.78 Å². The topological polar surface area (TPSA) is 48.9 Å². The summed E-state index contributed by atoms with van der Waals surface area (Å²) in [6, 6.07) is 9.49. The van der Waals surface area contributed by atoms with Crippen LogP contribution in [0.15, 0.2) is 40.7 Å². The summed E-state index contributed by atoms with van der Waals surface area (Å²) in [4.78, 5) is 8.19. The van der Waals surface area contributed by atoms with E-state index < -0.39 is 6.61 Å². The Hall–Kier alpha value is -2.19. The Morgan fingerprint density at radius 3 is 2.93 bits per heavy atom. The number of guanidine groups is 1. The third kappa shape index (κ3) is 6.95. The summed E-state index contributed by atoms with van der Waals surface area (Å²) in [6.07, 6.45) is 2.39. The van der Waals surface area contributed by atoms with Gasteiger partial charge in [0.25, 0.3) is 0 Å². The van der Waals surface area contributed by atoms with Crippen LogP contribution in [0.5, 0.6) is 5.75 Å². The molecule has 0 radical (unpaired) electrons. The number of piperidine rings is 1. The van der Waals surface area contributed by atoms with Crippen molar-refractivity contribution in [3.05, 3.63) is 51.7 Å². The predicted molar refractivity (Wildman–Crippen MR) is 118 cm³/mol. The van der Waals surface area contributed by atoms with Gasteiger partial charge in [0.2, 0.25) is 0 Å². The molecule has 1 aromatic heterocycles. The molecule has 3 rings (SSSR count). The second kappa shape index (κ2) is 11.3. The molecule has 164 valence electrons. The molecule has 5 nitrogen and oxygen atoms in total. The van der Waals surface area contributed by atoms with Gasteiger partial charge in [-0.15, -0.1) is 11.3 Å². The number of nitrogens with one attached hydrogen (secondary N) is 2. The zero-order valence-electron chi connectivity index (χ0n) is 17.5. The molecule has 0 spiro atoms. The number of rotatable bonds is 8. The lowest BCUT2D eigenvalue weighted by molar-refractivity contribution is -0.0504. The standard InChI is InChI=1S/C22H30F2N4OS/c1-16-7-8-20(29-21(23)24)18(11-16)13-27-22(25-2)26-12-17-5-3-9-28(14-17)15-19-6-4-10-30-19/h4,6-8,10-11,17,21H,3,5,9,12-15H2,1-2H3,(H2,25,26,27). The van der Waals surface area contributed by atoms with Crippen molar-refractivity contribution in [2.45, 2.75) is 39.5 Å². The van der Waals surface area contributed by atoms with Crippen molar-refractivity contribution in [3.8, 4) is 5.75 Å². The van der Waals surface area contributed by atoms with Crippen LogP contribution in [0.1, 0.15) is 28.8 Å². The van der Waals surface area contributed by atoms with Gasteiger partial charge in [0.1, 0.15) is 5.75 Å². The maximum absolute atomic E-state index is 12.7. The van der Waals surface area contributed by atoms with Crippen molar-refractivity contribution in [2.24, 2.45) is 10.9 Å². The number of halogens is 2. The van der Waals surface area contributed by atoms with E-state index in [1.165, 1.54) is 17.7 Å². The molecule has 30 heavy (non-hydrogen) atoms. The quantitative estimate of drug-likeness (QED) is 0.480. The first-order chi connectivity index (χ1) is 14.5. The number of aryl methyl sites for hydroxylation is 1. The van der Waals surface area contributed by atoms with Crippen molar-refractivity contribution >= 4 is 17.3 Å². The van der Waals surface area contributed by atoms with Gasteiger partial charge in [0.15, 0.2) is 5.96 Å². The van der Waals surface area contributed by atoms with E-state index in [2.05, 4.69) is 42.8 Å². The van der Waals surface area contributed by atoms with Crippen molar-refractivity contribution in [1.82, 2.24) is 15.5 Å². The second-order valence-electron chi connectivity index (χ2n) is 7.62. The molecule has 1 aromatic carbocycles. The summed E-state index contributed by atoms with van der Waals surface area (Å²) in [7, 11) is 1.71. The normalized spacial score (nSPS) is 17.9. The van der Waals surface area contributed by atoms with Crippen molar-refractivity contribution in [1.29, 1.82) is 0 Å². The molecular formula is C22H30F2N4OS. The average Bonchev–Trinajstić information content (AvgIpc) is 3.23. The van der Waals surface area contributed by atoms with Crippen LogP contribution in [0.2, 0.25) is 0 Å². The zero-order chi connectivity index (χ0) is 21.3. The van der Waals surface area contributed by atoms with Gasteiger partial charge in [-0.1, -0.05) is 23.8 Å². The van der Waals surface area contributed by atoms with Crippen molar-refractivity contribution in [2.75, 3.05) is 26.7 Å². The number of aliphatic imine (C=N–C) groups is 1. The van der Waals surface area contributed by atoms with Crippen LogP contribution >= 0.6 is 11.3 Å². The SMILES string of the molecule is CN=C(NCc1cc(C)ccc1OC(F)F)NCC1CCCN(Cc2cccs2)C1. The van der Waals surface area contributed by atoms with Gasteiger partial charge in [-0.05, 0) is 49.7 Å². The number of alkyl halides is 2. The Bertz CT molecular complexity index is 813.